The van der Waals surface area contributed by atoms with Crippen molar-refractivity contribution in [3.63, 3.8) is 0 Å². The van der Waals surface area contributed by atoms with E-state index >= 15 is 0 Å². The fraction of sp³-hybridized carbons (Fsp3) is 0.638. The van der Waals surface area contributed by atoms with Crippen molar-refractivity contribution in [3.05, 3.63) is 109 Å². The van der Waals surface area contributed by atoms with E-state index in [0.717, 1.165) is 64.2 Å². The summed E-state index contributed by atoms with van der Waals surface area (Å²) in [7, 11) is 0. The first kappa shape index (κ1) is 60.1. The second-order valence-corrected chi connectivity index (χ2v) is 16.9. The average molecular weight is 887 g/mol. The molecule has 1 unspecified atom stereocenters. The number of unbranched alkanes of at least 4 members (excludes halogenated alkanes) is 22. The van der Waals surface area contributed by atoms with E-state index in [9.17, 15) is 14.4 Å². The summed E-state index contributed by atoms with van der Waals surface area (Å²) in [5.41, 5.74) is 0. The van der Waals surface area contributed by atoms with Crippen molar-refractivity contribution in [3.8, 4) is 0 Å². The van der Waals surface area contributed by atoms with Gasteiger partial charge in [-0.05, 0) is 57.8 Å². The van der Waals surface area contributed by atoms with Crippen LogP contribution in [0, 0.1) is 0 Å². The number of rotatable bonds is 45. The second kappa shape index (κ2) is 51.7. The summed E-state index contributed by atoms with van der Waals surface area (Å²) in [4.78, 5) is 37.9. The first-order chi connectivity index (χ1) is 31.5. The van der Waals surface area contributed by atoms with E-state index in [2.05, 4.69) is 51.2 Å². The molecule has 0 fully saturated rings. The van der Waals surface area contributed by atoms with Crippen molar-refractivity contribution in [2.45, 2.75) is 226 Å². The van der Waals surface area contributed by atoms with Crippen LogP contribution in [-0.4, -0.2) is 37.2 Å². The topological polar surface area (TPSA) is 78.9 Å². The lowest BCUT2D eigenvalue weighted by atomic mass is 10.0. The molecule has 6 heteroatoms. The Labute approximate surface area is 393 Å². The largest absolute Gasteiger partial charge is 0.462 e. The highest BCUT2D eigenvalue weighted by Crippen LogP contribution is 2.15. The molecule has 0 aliphatic heterocycles. The lowest BCUT2D eigenvalue weighted by molar-refractivity contribution is -0.166. The van der Waals surface area contributed by atoms with Gasteiger partial charge in [-0.2, -0.15) is 0 Å². The van der Waals surface area contributed by atoms with Crippen molar-refractivity contribution in [1.29, 1.82) is 0 Å². The molecule has 0 saturated carbocycles. The van der Waals surface area contributed by atoms with Crippen LogP contribution < -0.4 is 0 Å². The van der Waals surface area contributed by atoms with E-state index in [1.807, 2.05) is 79.0 Å². The lowest BCUT2D eigenvalue weighted by Gasteiger charge is -2.18. The standard InChI is InChI=1S/C58H94O6/c1-4-7-10-13-16-19-22-25-27-28-29-30-31-34-36-39-42-45-48-51-57(60)63-54-55(53-62-56(59)50-47-44-41-38-35-32-24-21-18-15-12-9-6-3)64-58(61)52-49-46-43-40-37-33-26-23-20-17-14-11-8-5-2/h7,10,13,16,19,22,25,27-32,34-36,41,44,55H,4-6,8-9,11-12,14-15,17-18,20-21,23-24,26,33,37-40,42-43,45-54H2,1-3H3/b10-7-,16-13-,22-19-,27-25-,29-28+,31-30-,35-32-,36-34-,44-41-. The van der Waals surface area contributed by atoms with Crippen molar-refractivity contribution in [2.75, 3.05) is 13.2 Å². The number of allylic oxidation sites excluding steroid dienone is 18. The number of ether oxygens (including phenoxy) is 3. The molecule has 0 radical (unpaired) electrons. The van der Waals surface area contributed by atoms with E-state index in [0.29, 0.717) is 19.3 Å². The van der Waals surface area contributed by atoms with Crippen molar-refractivity contribution >= 4 is 17.9 Å². The molecule has 0 aromatic carbocycles. The van der Waals surface area contributed by atoms with Crippen LogP contribution in [0.1, 0.15) is 220 Å². The molecule has 0 aliphatic carbocycles. The Morgan fingerprint density at radius 1 is 0.344 bits per heavy atom. The molecule has 0 bridgehead atoms. The maximum absolute atomic E-state index is 12.8. The van der Waals surface area contributed by atoms with E-state index in [-0.39, 0.29) is 37.5 Å². The SMILES string of the molecule is CC\C=C/C=C\C=C/C=C\C=C\C=C/C=C\CCCCCC(=O)OCC(COC(=O)CC/C=C\C/C=C\CCCCCCCC)OC(=O)CCCCCCCCCCCCCCCC. The molecule has 0 saturated heterocycles. The minimum Gasteiger partial charge on any atom is -0.462 e. The van der Waals surface area contributed by atoms with Gasteiger partial charge in [0.15, 0.2) is 6.10 Å². The van der Waals surface area contributed by atoms with Crippen LogP contribution in [0.2, 0.25) is 0 Å². The molecule has 362 valence electrons. The van der Waals surface area contributed by atoms with Crippen molar-refractivity contribution < 1.29 is 28.6 Å². The maximum Gasteiger partial charge on any atom is 0.306 e. The predicted octanol–water partition coefficient (Wildman–Crippen LogP) is 17.1. The van der Waals surface area contributed by atoms with Crippen molar-refractivity contribution in [2.24, 2.45) is 0 Å². The van der Waals surface area contributed by atoms with E-state index in [1.54, 1.807) is 0 Å². The van der Waals surface area contributed by atoms with Crippen LogP contribution in [0.5, 0.6) is 0 Å². The second-order valence-electron chi connectivity index (χ2n) is 16.9. The average Bonchev–Trinajstić information content (AvgIpc) is 3.29. The summed E-state index contributed by atoms with van der Waals surface area (Å²) in [5.74, 6) is -1.03. The van der Waals surface area contributed by atoms with E-state index < -0.39 is 6.10 Å². The summed E-state index contributed by atoms with van der Waals surface area (Å²) in [5, 5.41) is 0. The van der Waals surface area contributed by atoms with Gasteiger partial charge in [0.1, 0.15) is 13.2 Å². The molecule has 1 atom stereocenters. The molecule has 0 aromatic heterocycles. The zero-order valence-corrected chi connectivity index (χ0v) is 41.3. The molecule has 0 amide bonds. The zero-order valence-electron chi connectivity index (χ0n) is 41.3. The van der Waals surface area contributed by atoms with Gasteiger partial charge in [0.2, 0.25) is 0 Å². The quantitative estimate of drug-likeness (QED) is 0.0199. The van der Waals surface area contributed by atoms with E-state index in [1.165, 1.54) is 109 Å². The highest BCUT2D eigenvalue weighted by atomic mass is 16.6. The molecular weight excluding hydrogens is 793 g/mol. The smallest absolute Gasteiger partial charge is 0.306 e. The Balaban J connectivity index is 4.55. The molecule has 6 nitrogen and oxygen atoms in total. The predicted molar refractivity (Wildman–Crippen MR) is 274 cm³/mol. The summed E-state index contributed by atoms with van der Waals surface area (Å²) >= 11 is 0. The molecule has 0 spiro atoms. The number of carbonyl (C=O) groups excluding carboxylic acids is 3. The first-order valence-electron chi connectivity index (χ1n) is 26.0. The molecule has 0 N–H and O–H groups in total. The van der Waals surface area contributed by atoms with E-state index in [4.69, 9.17) is 14.2 Å². The highest BCUT2D eigenvalue weighted by Gasteiger charge is 2.19. The number of esters is 3. The van der Waals surface area contributed by atoms with Gasteiger partial charge in [0.05, 0.1) is 0 Å². The third-order valence-corrected chi connectivity index (χ3v) is 10.7. The minimum absolute atomic E-state index is 0.119. The van der Waals surface area contributed by atoms with Gasteiger partial charge in [-0.1, -0.05) is 252 Å². The summed E-state index contributed by atoms with van der Waals surface area (Å²) in [6.07, 6.45) is 69.3. The highest BCUT2D eigenvalue weighted by molar-refractivity contribution is 5.71. The number of carbonyl (C=O) groups is 3. The maximum atomic E-state index is 12.8. The van der Waals surface area contributed by atoms with Crippen molar-refractivity contribution in [1.82, 2.24) is 0 Å². The van der Waals surface area contributed by atoms with Crippen LogP contribution in [-0.2, 0) is 28.6 Å². The zero-order chi connectivity index (χ0) is 46.5. The van der Waals surface area contributed by atoms with Gasteiger partial charge in [-0.15, -0.1) is 0 Å². The number of hydrogen-bond acceptors (Lipinski definition) is 6. The molecular formula is C58H94O6. The van der Waals surface area contributed by atoms with Gasteiger partial charge >= 0.3 is 17.9 Å². The Kier molecular flexibility index (Phi) is 48.5. The van der Waals surface area contributed by atoms with Gasteiger partial charge in [-0.3, -0.25) is 14.4 Å². The van der Waals surface area contributed by atoms with Crippen LogP contribution in [0.3, 0.4) is 0 Å². The fourth-order valence-corrected chi connectivity index (χ4v) is 6.83. The molecule has 0 rings (SSSR count). The lowest BCUT2D eigenvalue weighted by Crippen LogP contribution is -2.30. The van der Waals surface area contributed by atoms with Crippen LogP contribution in [0.25, 0.3) is 0 Å². The van der Waals surface area contributed by atoms with Gasteiger partial charge in [-0.25, -0.2) is 0 Å². The summed E-state index contributed by atoms with van der Waals surface area (Å²) < 4.78 is 16.7. The van der Waals surface area contributed by atoms with Gasteiger partial charge < -0.3 is 14.2 Å². The third kappa shape index (κ3) is 49.1. The molecule has 0 aliphatic rings. The monoisotopic (exact) mass is 887 g/mol. The Morgan fingerprint density at radius 3 is 1.19 bits per heavy atom. The molecule has 64 heavy (non-hydrogen) atoms. The van der Waals surface area contributed by atoms with Gasteiger partial charge in [0, 0.05) is 19.3 Å². The molecule has 0 aromatic rings. The van der Waals surface area contributed by atoms with Gasteiger partial charge in [0.25, 0.3) is 0 Å². The Bertz CT molecular complexity index is 1340. The van der Waals surface area contributed by atoms with Crippen LogP contribution in [0.4, 0.5) is 0 Å². The third-order valence-electron chi connectivity index (χ3n) is 10.7. The summed E-state index contributed by atoms with van der Waals surface area (Å²) in [6, 6.07) is 0. The normalized spacial score (nSPS) is 13.0. The minimum atomic E-state index is -0.819. The first-order valence-corrected chi connectivity index (χ1v) is 26.0. The van der Waals surface area contributed by atoms with Crippen LogP contribution >= 0.6 is 0 Å². The number of hydrogen-bond donors (Lipinski definition) is 0. The Morgan fingerprint density at radius 2 is 0.703 bits per heavy atom. The van der Waals surface area contributed by atoms with Crippen LogP contribution in [0.15, 0.2) is 109 Å². The fourth-order valence-electron chi connectivity index (χ4n) is 6.83. The summed E-state index contributed by atoms with van der Waals surface area (Å²) in [6.45, 7) is 6.38. The molecule has 0 heterocycles. The Hall–Kier alpha value is -3.93.